The molecule has 0 radical (unpaired) electrons. The van der Waals surface area contributed by atoms with Crippen LogP contribution in [0.3, 0.4) is 0 Å². The fourth-order valence-electron chi connectivity index (χ4n) is 1.78. The Morgan fingerprint density at radius 2 is 1.88 bits per heavy atom. The first-order valence-electron chi connectivity index (χ1n) is 7.21. The summed E-state index contributed by atoms with van der Waals surface area (Å²) >= 11 is 5.84. The molecule has 2 aromatic rings. The Morgan fingerprint density at radius 3 is 2.50 bits per heavy atom. The monoisotopic (exact) mass is 350 g/mol. The van der Waals surface area contributed by atoms with Gasteiger partial charge in [-0.25, -0.2) is 9.82 Å². The third-order valence-electron chi connectivity index (χ3n) is 2.89. The highest BCUT2D eigenvalue weighted by atomic mass is 35.5. The largest absolute Gasteiger partial charge is 0.494 e. The van der Waals surface area contributed by atoms with Crippen LogP contribution in [-0.4, -0.2) is 25.3 Å². The van der Waals surface area contributed by atoms with Gasteiger partial charge in [0.15, 0.2) is 6.61 Å². The Hall–Kier alpha value is -2.60. The number of hydrogen-bond acceptors (Lipinski definition) is 4. The summed E-state index contributed by atoms with van der Waals surface area (Å²) in [6, 6.07) is 11.1. The molecule has 7 heteroatoms. The van der Waals surface area contributed by atoms with Gasteiger partial charge in [0.25, 0.3) is 5.91 Å². The fraction of sp³-hybridized carbons (Fsp3) is 0.176. The Bertz CT molecular complexity index is 700. The summed E-state index contributed by atoms with van der Waals surface area (Å²) in [6.45, 7) is 2.24. The van der Waals surface area contributed by atoms with Gasteiger partial charge in [0.05, 0.1) is 17.8 Å². The smallest absolute Gasteiger partial charge is 0.277 e. The van der Waals surface area contributed by atoms with Crippen LogP contribution in [0.5, 0.6) is 11.5 Å². The SMILES string of the molecule is CCOc1ccc(OCC(=O)N/N=C\c2c(F)cccc2Cl)cc1. The number of amides is 1. The first-order chi connectivity index (χ1) is 11.6. The average Bonchev–Trinajstić information content (AvgIpc) is 2.57. The second kappa shape index (κ2) is 8.88. The van der Waals surface area contributed by atoms with E-state index < -0.39 is 11.7 Å². The second-order valence-corrected chi connectivity index (χ2v) is 5.03. The molecule has 5 nitrogen and oxygen atoms in total. The summed E-state index contributed by atoms with van der Waals surface area (Å²) < 4.78 is 24.1. The number of hydrogen-bond donors (Lipinski definition) is 1. The van der Waals surface area contributed by atoms with Gasteiger partial charge in [-0.3, -0.25) is 4.79 Å². The molecule has 0 aliphatic heterocycles. The van der Waals surface area contributed by atoms with E-state index in [2.05, 4.69) is 10.5 Å². The molecule has 0 unspecified atom stereocenters. The van der Waals surface area contributed by atoms with Gasteiger partial charge in [-0.15, -0.1) is 0 Å². The van der Waals surface area contributed by atoms with Crippen molar-refractivity contribution in [3.05, 3.63) is 58.9 Å². The maximum atomic E-state index is 13.5. The van der Waals surface area contributed by atoms with Crippen LogP contribution in [0, 0.1) is 5.82 Å². The van der Waals surface area contributed by atoms with Crippen molar-refractivity contribution in [3.63, 3.8) is 0 Å². The van der Waals surface area contributed by atoms with Gasteiger partial charge in [0.2, 0.25) is 0 Å². The molecule has 0 aromatic heterocycles. The summed E-state index contributed by atoms with van der Waals surface area (Å²) in [7, 11) is 0. The zero-order chi connectivity index (χ0) is 17.4. The molecule has 0 spiro atoms. The maximum Gasteiger partial charge on any atom is 0.277 e. The minimum absolute atomic E-state index is 0.104. The van der Waals surface area contributed by atoms with Crippen molar-refractivity contribution in [3.8, 4) is 11.5 Å². The second-order valence-electron chi connectivity index (χ2n) is 4.62. The lowest BCUT2D eigenvalue weighted by Gasteiger charge is -2.07. The van der Waals surface area contributed by atoms with E-state index in [-0.39, 0.29) is 17.2 Å². The molecule has 126 valence electrons. The van der Waals surface area contributed by atoms with Crippen molar-refractivity contribution in [2.75, 3.05) is 13.2 Å². The molecule has 0 aliphatic carbocycles. The zero-order valence-electron chi connectivity index (χ0n) is 13.0. The van der Waals surface area contributed by atoms with Gasteiger partial charge < -0.3 is 9.47 Å². The number of halogens is 2. The van der Waals surface area contributed by atoms with Crippen LogP contribution in [0.2, 0.25) is 5.02 Å². The van der Waals surface area contributed by atoms with Crippen LogP contribution in [0.1, 0.15) is 12.5 Å². The predicted octanol–water partition coefficient (Wildman–Crippen LogP) is 3.41. The summed E-state index contributed by atoms with van der Waals surface area (Å²) in [5, 5.41) is 3.87. The van der Waals surface area contributed by atoms with Crippen molar-refractivity contribution < 1.29 is 18.7 Å². The number of nitrogens with one attached hydrogen (secondary N) is 1. The Morgan fingerprint density at radius 1 is 1.21 bits per heavy atom. The van der Waals surface area contributed by atoms with Gasteiger partial charge in [0, 0.05) is 5.56 Å². The van der Waals surface area contributed by atoms with E-state index in [1.54, 1.807) is 24.3 Å². The number of benzene rings is 2. The van der Waals surface area contributed by atoms with Crippen molar-refractivity contribution in [2.45, 2.75) is 6.92 Å². The van der Waals surface area contributed by atoms with Crippen LogP contribution in [0.4, 0.5) is 4.39 Å². The number of hydrazone groups is 1. The average molecular weight is 351 g/mol. The molecule has 1 N–H and O–H groups in total. The number of nitrogens with zero attached hydrogens (tertiary/aromatic N) is 1. The lowest BCUT2D eigenvalue weighted by Crippen LogP contribution is -2.24. The standard InChI is InChI=1S/C17H16ClFN2O3/c1-2-23-12-6-8-13(9-7-12)24-11-17(22)21-20-10-14-15(18)4-3-5-16(14)19/h3-10H,2,11H2,1H3,(H,21,22)/b20-10-. The molecule has 0 fully saturated rings. The van der Waals surface area contributed by atoms with Gasteiger partial charge in [-0.2, -0.15) is 5.10 Å². The third kappa shape index (κ3) is 5.24. The molecule has 2 rings (SSSR count). The van der Waals surface area contributed by atoms with Crippen LogP contribution in [0.15, 0.2) is 47.6 Å². The third-order valence-corrected chi connectivity index (χ3v) is 3.22. The Labute approximate surface area is 144 Å². The Kier molecular flexibility index (Phi) is 6.57. The fourth-order valence-corrected chi connectivity index (χ4v) is 1.99. The lowest BCUT2D eigenvalue weighted by molar-refractivity contribution is -0.123. The number of rotatable bonds is 7. The molecule has 0 saturated heterocycles. The molecule has 0 bridgehead atoms. The molecule has 0 aliphatic rings. The van der Waals surface area contributed by atoms with Gasteiger partial charge >= 0.3 is 0 Å². The van der Waals surface area contributed by atoms with E-state index in [1.165, 1.54) is 18.2 Å². The van der Waals surface area contributed by atoms with E-state index in [0.717, 1.165) is 12.0 Å². The summed E-state index contributed by atoms with van der Waals surface area (Å²) in [5.41, 5.74) is 2.35. The number of carbonyl (C=O) groups excluding carboxylic acids is 1. The van der Waals surface area contributed by atoms with Crippen molar-refractivity contribution in [1.29, 1.82) is 0 Å². The summed E-state index contributed by atoms with van der Waals surface area (Å²) in [5.74, 6) is 0.245. The minimum atomic E-state index is -0.522. The van der Waals surface area contributed by atoms with Gasteiger partial charge in [-0.1, -0.05) is 17.7 Å². The first kappa shape index (κ1) is 17.7. The highest BCUT2D eigenvalue weighted by molar-refractivity contribution is 6.33. The zero-order valence-corrected chi connectivity index (χ0v) is 13.7. The Balaban J connectivity index is 1.82. The van der Waals surface area contributed by atoms with Crippen LogP contribution in [-0.2, 0) is 4.79 Å². The summed E-state index contributed by atoms with van der Waals surface area (Å²) in [6.07, 6.45) is 1.15. The summed E-state index contributed by atoms with van der Waals surface area (Å²) in [4.78, 5) is 11.6. The van der Waals surface area contributed by atoms with Gasteiger partial charge in [0.1, 0.15) is 17.3 Å². The highest BCUT2D eigenvalue weighted by Crippen LogP contribution is 2.17. The van der Waals surface area contributed by atoms with E-state index in [9.17, 15) is 9.18 Å². The van der Waals surface area contributed by atoms with Crippen molar-refractivity contribution in [2.24, 2.45) is 5.10 Å². The van der Waals surface area contributed by atoms with E-state index in [0.29, 0.717) is 12.4 Å². The topological polar surface area (TPSA) is 59.9 Å². The first-order valence-corrected chi connectivity index (χ1v) is 7.59. The van der Waals surface area contributed by atoms with Gasteiger partial charge in [-0.05, 0) is 43.3 Å². The molecule has 24 heavy (non-hydrogen) atoms. The highest BCUT2D eigenvalue weighted by Gasteiger charge is 2.05. The van der Waals surface area contributed by atoms with E-state index in [4.69, 9.17) is 21.1 Å². The molecule has 1 amide bonds. The molecule has 0 atom stereocenters. The van der Waals surface area contributed by atoms with Crippen LogP contribution >= 0.6 is 11.6 Å². The van der Waals surface area contributed by atoms with Crippen molar-refractivity contribution >= 4 is 23.7 Å². The molecule has 2 aromatic carbocycles. The lowest BCUT2D eigenvalue weighted by atomic mass is 10.2. The quantitative estimate of drug-likeness (QED) is 0.615. The van der Waals surface area contributed by atoms with Crippen LogP contribution < -0.4 is 14.9 Å². The van der Waals surface area contributed by atoms with E-state index >= 15 is 0 Å². The minimum Gasteiger partial charge on any atom is -0.494 e. The molecular formula is C17H16ClFN2O3. The maximum absolute atomic E-state index is 13.5. The molecular weight excluding hydrogens is 335 g/mol. The normalized spacial score (nSPS) is 10.6. The molecule has 0 saturated carbocycles. The number of carbonyl (C=O) groups is 1. The number of ether oxygens (including phenoxy) is 2. The van der Waals surface area contributed by atoms with Crippen LogP contribution in [0.25, 0.3) is 0 Å². The van der Waals surface area contributed by atoms with Crippen molar-refractivity contribution in [1.82, 2.24) is 5.43 Å². The molecule has 0 heterocycles. The van der Waals surface area contributed by atoms with E-state index in [1.807, 2.05) is 6.92 Å². The predicted molar refractivity (Wildman–Crippen MR) is 90.3 cm³/mol.